The van der Waals surface area contributed by atoms with E-state index in [9.17, 15) is 0 Å². The summed E-state index contributed by atoms with van der Waals surface area (Å²) in [7, 11) is 1.64. The minimum atomic E-state index is 0.302. The first-order valence-electron chi connectivity index (χ1n) is 9.93. The Kier molecular flexibility index (Phi) is 6.37. The Morgan fingerprint density at radius 3 is 2.72 bits per heavy atom. The lowest BCUT2D eigenvalue weighted by molar-refractivity contribution is 0.407. The second-order valence-corrected chi connectivity index (χ2v) is 7.35. The van der Waals surface area contributed by atoms with Crippen LogP contribution in [0.1, 0.15) is 5.69 Å². The summed E-state index contributed by atoms with van der Waals surface area (Å²) in [5, 5.41) is 8.17. The van der Waals surface area contributed by atoms with E-state index in [4.69, 9.17) is 21.1 Å². The van der Waals surface area contributed by atoms with Crippen LogP contribution >= 0.6 is 11.6 Å². The number of aryl methyl sites for hydroxylation is 1. The van der Waals surface area contributed by atoms with E-state index in [1.165, 1.54) is 0 Å². The van der Waals surface area contributed by atoms with E-state index in [1.54, 1.807) is 36.2 Å². The number of nitrogens with one attached hydrogen (secondary N) is 1. The maximum absolute atomic E-state index is 6.21. The number of hydrogen-bond donors (Lipinski definition) is 1. The number of rotatable bonds is 8. The fourth-order valence-electron chi connectivity index (χ4n) is 3.17. The number of pyridine rings is 1. The molecule has 7 nitrogen and oxygen atoms in total. The van der Waals surface area contributed by atoms with Gasteiger partial charge in [0.25, 0.3) is 0 Å². The van der Waals surface area contributed by atoms with Gasteiger partial charge < -0.3 is 14.8 Å². The van der Waals surface area contributed by atoms with Gasteiger partial charge in [-0.15, -0.1) is 11.7 Å². The minimum absolute atomic E-state index is 0.302. The molecule has 0 spiro atoms. The molecule has 162 valence electrons. The SMILES string of the molecule is C=CCn1nc(Nc2ccc(-c3ccnc(C)c3)c(OC)c2)nc1Oc1ccccc1Cl. The first-order valence-corrected chi connectivity index (χ1v) is 10.3. The average Bonchev–Trinajstić information content (AvgIpc) is 3.16. The number of methoxy groups -OCH3 is 1. The van der Waals surface area contributed by atoms with Gasteiger partial charge in [-0.1, -0.05) is 29.8 Å². The van der Waals surface area contributed by atoms with Gasteiger partial charge in [-0.3, -0.25) is 4.98 Å². The van der Waals surface area contributed by atoms with E-state index in [-0.39, 0.29) is 0 Å². The molecule has 32 heavy (non-hydrogen) atoms. The third-order valence-electron chi connectivity index (χ3n) is 4.64. The maximum Gasteiger partial charge on any atom is 0.322 e. The molecule has 0 fully saturated rings. The van der Waals surface area contributed by atoms with Gasteiger partial charge in [0.2, 0.25) is 5.95 Å². The van der Waals surface area contributed by atoms with Crippen molar-refractivity contribution in [1.29, 1.82) is 0 Å². The normalized spacial score (nSPS) is 10.6. The number of hydrogen-bond acceptors (Lipinski definition) is 6. The molecule has 0 saturated heterocycles. The van der Waals surface area contributed by atoms with Crippen LogP contribution in [0.3, 0.4) is 0 Å². The number of aromatic nitrogens is 4. The van der Waals surface area contributed by atoms with E-state index in [0.717, 1.165) is 28.3 Å². The van der Waals surface area contributed by atoms with Crippen LogP contribution in [-0.2, 0) is 6.54 Å². The molecule has 0 aliphatic heterocycles. The zero-order valence-electron chi connectivity index (χ0n) is 17.7. The molecule has 0 aliphatic carbocycles. The van der Waals surface area contributed by atoms with Gasteiger partial charge in [0.15, 0.2) is 0 Å². The third-order valence-corrected chi connectivity index (χ3v) is 4.96. The molecule has 8 heteroatoms. The van der Waals surface area contributed by atoms with E-state index in [2.05, 4.69) is 27.0 Å². The van der Waals surface area contributed by atoms with Gasteiger partial charge >= 0.3 is 6.01 Å². The molecule has 4 rings (SSSR count). The lowest BCUT2D eigenvalue weighted by Crippen LogP contribution is -2.01. The number of anilines is 2. The Labute approximate surface area is 191 Å². The van der Waals surface area contributed by atoms with Crippen molar-refractivity contribution in [3.05, 3.63) is 84.2 Å². The molecular formula is C24H22ClN5O2. The molecular weight excluding hydrogens is 426 g/mol. The quantitative estimate of drug-likeness (QED) is 0.332. The summed E-state index contributed by atoms with van der Waals surface area (Å²) >= 11 is 6.21. The van der Waals surface area contributed by atoms with Crippen molar-refractivity contribution in [2.24, 2.45) is 0 Å². The number of nitrogens with zero attached hydrogens (tertiary/aromatic N) is 4. The maximum atomic E-state index is 6.21. The van der Waals surface area contributed by atoms with Crippen molar-refractivity contribution in [2.75, 3.05) is 12.4 Å². The highest BCUT2D eigenvalue weighted by atomic mass is 35.5. The predicted molar refractivity (Wildman–Crippen MR) is 126 cm³/mol. The van der Waals surface area contributed by atoms with Gasteiger partial charge in [-0.05, 0) is 48.9 Å². The van der Waals surface area contributed by atoms with Crippen molar-refractivity contribution < 1.29 is 9.47 Å². The number of ether oxygens (including phenoxy) is 2. The highest BCUT2D eigenvalue weighted by Gasteiger charge is 2.14. The molecule has 0 unspecified atom stereocenters. The van der Waals surface area contributed by atoms with Crippen LogP contribution in [0.5, 0.6) is 17.5 Å². The van der Waals surface area contributed by atoms with Crippen molar-refractivity contribution in [2.45, 2.75) is 13.5 Å². The van der Waals surface area contributed by atoms with E-state index in [1.807, 2.05) is 49.4 Å². The Bertz CT molecular complexity index is 1250. The largest absolute Gasteiger partial charge is 0.496 e. The van der Waals surface area contributed by atoms with Crippen LogP contribution in [0, 0.1) is 6.92 Å². The van der Waals surface area contributed by atoms with Crippen LogP contribution in [0.4, 0.5) is 11.6 Å². The number of halogens is 1. The number of para-hydroxylation sites is 1. The monoisotopic (exact) mass is 447 g/mol. The van der Waals surface area contributed by atoms with Gasteiger partial charge in [0.05, 0.1) is 18.7 Å². The third kappa shape index (κ3) is 4.73. The molecule has 0 atom stereocenters. The summed E-state index contributed by atoms with van der Waals surface area (Å²) in [5.41, 5.74) is 3.72. The summed E-state index contributed by atoms with van der Waals surface area (Å²) in [6, 6.07) is 17.3. The van der Waals surface area contributed by atoms with Crippen molar-refractivity contribution in [1.82, 2.24) is 19.7 Å². The van der Waals surface area contributed by atoms with Crippen LogP contribution < -0.4 is 14.8 Å². The molecule has 2 aromatic carbocycles. The van der Waals surface area contributed by atoms with Gasteiger partial charge in [-0.25, -0.2) is 4.68 Å². The molecule has 0 aliphatic rings. The van der Waals surface area contributed by atoms with E-state index < -0.39 is 0 Å². The van der Waals surface area contributed by atoms with E-state index in [0.29, 0.717) is 29.3 Å². The second-order valence-electron chi connectivity index (χ2n) is 6.95. The Morgan fingerprint density at radius 2 is 1.97 bits per heavy atom. The number of allylic oxidation sites excluding steroid dienone is 1. The standard InChI is InChI=1S/C24H22ClN5O2/c1-4-13-30-24(32-21-8-6-5-7-20(21)25)28-23(29-30)27-18-9-10-19(22(15-18)31-3)17-11-12-26-16(2)14-17/h4-12,14-15H,1,13H2,2-3H3,(H,27,29). The van der Waals surface area contributed by atoms with Gasteiger partial charge in [-0.2, -0.15) is 4.98 Å². The fraction of sp³-hybridized carbons (Fsp3) is 0.125. The Balaban J connectivity index is 1.61. The lowest BCUT2D eigenvalue weighted by atomic mass is 10.0. The summed E-state index contributed by atoms with van der Waals surface area (Å²) in [5.74, 6) is 1.60. The van der Waals surface area contributed by atoms with Crippen LogP contribution in [0.15, 0.2) is 73.4 Å². The Hall–Kier alpha value is -3.84. The summed E-state index contributed by atoms with van der Waals surface area (Å²) in [6.07, 6.45) is 3.50. The molecule has 0 radical (unpaired) electrons. The molecule has 2 aromatic heterocycles. The zero-order chi connectivity index (χ0) is 22.5. The highest BCUT2D eigenvalue weighted by molar-refractivity contribution is 6.32. The smallest absolute Gasteiger partial charge is 0.322 e. The van der Waals surface area contributed by atoms with Gasteiger partial charge in [0, 0.05) is 29.2 Å². The average molecular weight is 448 g/mol. The second kappa shape index (κ2) is 9.53. The van der Waals surface area contributed by atoms with Crippen molar-refractivity contribution in [3.63, 3.8) is 0 Å². The van der Waals surface area contributed by atoms with E-state index >= 15 is 0 Å². The van der Waals surface area contributed by atoms with Crippen LogP contribution in [0.25, 0.3) is 11.1 Å². The molecule has 1 N–H and O–H groups in total. The first-order chi connectivity index (χ1) is 15.6. The highest BCUT2D eigenvalue weighted by Crippen LogP contribution is 2.34. The lowest BCUT2D eigenvalue weighted by Gasteiger charge is -2.11. The zero-order valence-corrected chi connectivity index (χ0v) is 18.5. The summed E-state index contributed by atoms with van der Waals surface area (Å²) in [4.78, 5) is 8.73. The Morgan fingerprint density at radius 1 is 1.12 bits per heavy atom. The fourth-order valence-corrected chi connectivity index (χ4v) is 3.35. The summed E-state index contributed by atoms with van der Waals surface area (Å²) in [6.45, 7) is 6.16. The topological polar surface area (TPSA) is 74.1 Å². The van der Waals surface area contributed by atoms with Crippen LogP contribution in [0.2, 0.25) is 5.02 Å². The molecule has 4 aromatic rings. The molecule has 0 amide bonds. The molecule has 2 heterocycles. The van der Waals surface area contributed by atoms with Crippen molar-refractivity contribution >= 4 is 23.2 Å². The predicted octanol–water partition coefficient (Wildman–Crippen LogP) is 6.03. The van der Waals surface area contributed by atoms with Crippen LogP contribution in [-0.4, -0.2) is 26.9 Å². The molecule has 0 saturated carbocycles. The molecule has 0 bridgehead atoms. The number of benzene rings is 2. The van der Waals surface area contributed by atoms with Gasteiger partial charge in [0.1, 0.15) is 11.5 Å². The van der Waals surface area contributed by atoms with Crippen molar-refractivity contribution in [3.8, 4) is 28.6 Å². The first kappa shape index (κ1) is 21.4. The summed E-state index contributed by atoms with van der Waals surface area (Å²) < 4.78 is 13.1. The minimum Gasteiger partial charge on any atom is -0.496 e.